The van der Waals surface area contributed by atoms with Crippen LogP contribution in [0.5, 0.6) is 0 Å². The van der Waals surface area contributed by atoms with E-state index >= 15 is 4.39 Å². The molecule has 5 heteroatoms. The molecule has 0 unspecified atom stereocenters. The van der Waals surface area contributed by atoms with Crippen molar-refractivity contribution in [1.82, 2.24) is 4.98 Å². The van der Waals surface area contributed by atoms with Gasteiger partial charge in [-0.25, -0.2) is 8.96 Å². The van der Waals surface area contributed by atoms with Gasteiger partial charge in [-0.1, -0.05) is 66.7 Å². The molecular weight excluding hydrogens is 442 g/mol. The maximum absolute atomic E-state index is 15.2. The Balaban J connectivity index is 1.52. The van der Waals surface area contributed by atoms with E-state index in [1.807, 2.05) is 85.3 Å². The quantitative estimate of drug-likeness (QED) is 0.202. The largest absolute Gasteiger partial charge is 0.437 e. The van der Waals surface area contributed by atoms with Crippen molar-refractivity contribution in [2.24, 2.45) is 7.05 Å². The van der Waals surface area contributed by atoms with Crippen LogP contribution in [0.15, 0.2) is 95.5 Å². The van der Waals surface area contributed by atoms with Gasteiger partial charge in [-0.05, 0) is 35.2 Å². The zero-order valence-electron chi connectivity index (χ0n) is 19.2. The molecular formula is C30H21F2N2O+. The number of hydrogen-bond donors (Lipinski definition) is 0. The summed E-state index contributed by atoms with van der Waals surface area (Å²) in [5.74, 6) is -0.936. The lowest BCUT2D eigenvalue weighted by atomic mass is 9.99. The zero-order valence-corrected chi connectivity index (χ0v) is 19.2. The van der Waals surface area contributed by atoms with Gasteiger partial charge in [-0.15, -0.1) is 0 Å². The summed E-state index contributed by atoms with van der Waals surface area (Å²) in [6.45, 7) is 1.95. The third-order valence-corrected chi connectivity index (χ3v) is 6.47. The van der Waals surface area contributed by atoms with Crippen LogP contribution in [-0.2, 0) is 7.05 Å². The lowest BCUT2D eigenvalue weighted by molar-refractivity contribution is -0.660. The molecule has 0 aliphatic rings. The van der Waals surface area contributed by atoms with Crippen molar-refractivity contribution in [3.8, 4) is 33.5 Å². The average Bonchev–Trinajstić information content (AvgIpc) is 3.23. The van der Waals surface area contributed by atoms with E-state index in [1.165, 1.54) is 12.1 Å². The Hall–Kier alpha value is -4.38. The molecule has 0 spiro atoms. The van der Waals surface area contributed by atoms with Crippen LogP contribution < -0.4 is 4.57 Å². The van der Waals surface area contributed by atoms with Crippen LogP contribution >= 0.6 is 0 Å². The summed E-state index contributed by atoms with van der Waals surface area (Å²) in [7, 11) is 1.85. The number of fused-ring (bicyclic) bond motifs is 3. The second-order valence-corrected chi connectivity index (χ2v) is 8.70. The number of halogens is 2. The zero-order chi connectivity index (χ0) is 24.1. The van der Waals surface area contributed by atoms with Gasteiger partial charge >= 0.3 is 0 Å². The second-order valence-electron chi connectivity index (χ2n) is 8.70. The summed E-state index contributed by atoms with van der Waals surface area (Å²) in [5, 5.41) is 1.52. The van der Waals surface area contributed by atoms with Crippen LogP contribution in [0.3, 0.4) is 0 Å². The van der Waals surface area contributed by atoms with Crippen molar-refractivity contribution >= 4 is 22.1 Å². The fourth-order valence-electron chi connectivity index (χ4n) is 4.63. The topological polar surface area (TPSA) is 29.9 Å². The number of nitrogens with zero attached hydrogens (tertiary/aromatic N) is 2. The normalized spacial score (nSPS) is 11.4. The third kappa shape index (κ3) is 3.56. The second kappa shape index (κ2) is 8.13. The van der Waals surface area contributed by atoms with E-state index < -0.39 is 5.95 Å². The first-order valence-corrected chi connectivity index (χ1v) is 11.3. The van der Waals surface area contributed by atoms with E-state index in [0.717, 1.165) is 33.2 Å². The highest BCUT2D eigenvalue weighted by Gasteiger charge is 2.23. The minimum absolute atomic E-state index is 0.216. The molecule has 0 bridgehead atoms. The van der Waals surface area contributed by atoms with Gasteiger partial charge in [-0.2, -0.15) is 9.37 Å². The SMILES string of the molecule is Cc1ccc2c(oc3nc(F)c(-c4ccc(-c5ccccc5)cc4)cc32)c1-c1cc(F)cc[n+]1C. The van der Waals surface area contributed by atoms with Crippen molar-refractivity contribution in [2.45, 2.75) is 6.92 Å². The van der Waals surface area contributed by atoms with Gasteiger partial charge in [0.1, 0.15) is 12.9 Å². The van der Waals surface area contributed by atoms with Gasteiger partial charge in [0.25, 0.3) is 0 Å². The number of benzene rings is 3. The monoisotopic (exact) mass is 463 g/mol. The highest BCUT2D eigenvalue weighted by molar-refractivity contribution is 6.09. The summed E-state index contributed by atoms with van der Waals surface area (Å²) in [6, 6.07) is 26.4. The maximum Gasteiger partial charge on any atom is 0.230 e. The summed E-state index contributed by atoms with van der Waals surface area (Å²) < 4.78 is 37.2. The van der Waals surface area contributed by atoms with Crippen LogP contribution in [0, 0.1) is 18.7 Å². The lowest BCUT2D eigenvalue weighted by Gasteiger charge is -2.06. The Morgan fingerprint density at radius 1 is 0.771 bits per heavy atom. The van der Waals surface area contributed by atoms with Crippen LogP contribution in [0.4, 0.5) is 8.78 Å². The molecule has 0 N–H and O–H groups in total. The molecule has 35 heavy (non-hydrogen) atoms. The van der Waals surface area contributed by atoms with Crippen LogP contribution in [0.2, 0.25) is 0 Å². The highest BCUT2D eigenvalue weighted by atomic mass is 19.1. The van der Waals surface area contributed by atoms with Gasteiger partial charge in [0.05, 0.1) is 5.56 Å². The summed E-state index contributed by atoms with van der Waals surface area (Å²) in [5.41, 5.74) is 6.42. The number of hydrogen-bond acceptors (Lipinski definition) is 2. The first-order chi connectivity index (χ1) is 17.0. The molecule has 3 aromatic carbocycles. The summed E-state index contributed by atoms with van der Waals surface area (Å²) in [6.07, 6.45) is 1.67. The van der Waals surface area contributed by atoms with E-state index in [2.05, 4.69) is 4.98 Å². The van der Waals surface area contributed by atoms with Crippen molar-refractivity contribution in [3.05, 3.63) is 108 Å². The standard InChI is InChI=1S/C30H21F2N2O/c1-18-8-13-23-25-17-24(21-11-9-20(10-12-21)19-6-4-3-5-7-19)29(32)33-30(25)35-28(23)27(18)26-16-22(31)14-15-34(26)2/h3-17H,1-2H3/q+1. The smallest absolute Gasteiger partial charge is 0.230 e. The summed E-state index contributed by atoms with van der Waals surface area (Å²) >= 11 is 0. The number of rotatable bonds is 3. The van der Waals surface area contributed by atoms with E-state index in [-0.39, 0.29) is 11.5 Å². The number of aryl methyl sites for hydroxylation is 2. The Labute approximate surface area is 200 Å². The van der Waals surface area contributed by atoms with Gasteiger partial charge in [-0.3, -0.25) is 0 Å². The van der Waals surface area contributed by atoms with Gasteiger partial charge in [0.2, 0.25) is 17.4 Å². The molecule has 3 heterocycles. The molecule has 0 radical (unpaired) electrons. The first-order valence-electron chi connectivity index (χ1n) is 11.3. The summed E-state index contributed by atoms with van der Waals surface area (Å²) in [4.78, 5) is 4.16. The van der Waals surface area contributed by atoms with E-state index in [9.17, 15) is 4.39 Å². The van der Waals surface area contributed by atoms with Gasteiger partial charge in [0.15, 0.2) is 11.8 Å². The minimum atomic E-state index is -0.599. The number of furan rings is 1. The Kier molecular flexibility index (Phi) is 4.92. The molecule has 170 valence electrons. The Bertz CT molecular complexity index is 1720. The lowest BCUT2D eigenvalue weighted by Crippen LogP contribution is -2.30. The molecule has 0 amide bonds. The van der Waals surface area contributed by atoms with Crippen LogP contribution in [0.1, 0.15) is 5.56 Å². The fourth-order valence-corrected chi connectivity index (χ4v) is 4.63. The minimum Gasteiger partial charge on any atom is -0.437 e. The average molecular weight is 464 g/mol. The van der Waals surface area contributed by atoms with Gasteiger partial charge in [0, 0.05) is 28.5 Å². The van der Waals surface area contributed by atoms with Crippen LogP contribution in [-0.4, -0.2) is 4.98 Å². The maximum atomic E-state index is 15.2. The highest BCUT2D eigenvalue weighted by Crippen LogP contribution is 2.38. The Morgan fingerprint density at radius 3 is 2.26 bits per heavy atom. The number of pyridine rings is 2. The van der Waals surface area contributed by atoms with E-state index in [4.69, 9.17) is 4.42 Å². The third-order valence-electron chi connectivity index (χ3n) is 6.47. The molecule has 0 fully saturated rings. The predicted molar refractivity (Wildman–Crippen MR) is 134 cm³/mol. The molecule has 3 nitrogen and oxygen atoms in total. The van der Waals surface area contributed by atoms with Crippen molar-refractivity contribution in [2.75, 3.05) is 0 Å². The predicted octanol–water partition coefficient (Wildman–Crippen LogP) is 7.39. The van der Waals surface area contributed by atoms with Crippen molar-refractivity contribution in [1.29, 1.82) is 0 Å². The number of aromatic nitrogens is 2. The molecule has 0 aliphatic carbocycles. The molecule has 0 aliphatic heterocycles. The Morgan fingerprint density at radius 2 is 1.49 bits per heavy atom. The molecule has 0 atom stereocenters. The molecule has 6 rings (SSSR count). The van der Waals surface area contributed by atoms with E-state index in [0.29, 0.717) is 22.2 Å². The van der Waals surface area contributed by atoms with Crippen molar-refractivity contribution < 1.29 is 17.8 Å². The molecule has 6 aromatic rings. The first kappa shape index (κ1) is 21.2. The molecule has 3 aromatic heterocycles. The van der Waals surface area contributed by atoms with Crippen LogP contribution in [0.25, 0.3) is 55.6 Å². The van der Waals surface area contributed by atoms with E-state index in [1.54, 1.807) is 12.3 Å². The molecule has 0 saturated heterocycles. The van der Waals surface area contributed by atoms with Crippen molar-refractivity contribution in [3.63, 3.8) is 0 Å². The fraction of sp³-hybridized carbons (Fsp3) is 0.0667. The van der Waals surface area contributed by atoms with Gasteiger partial charge < -0.3 is 4.42 Å². The molecule has 0 saturated carbocycles.